The number of anilines is 1. The van der Waals surface area contributed by atoms with E-state index in [9.17, 15) is 4.79 Å². The number of nitrogens with zero attached hydrogens (tertiary/aromatic N) is 1. The van der Waals surface area contributed by atoms with Crippen molar-refractivity contribution in [2.75, 3.05) is 5.32 Å². The molecule has 0 unspecified atom stereocenters. The van der Waals surface area contributed by atoms with Gasteiger partial charge in [0.2, 0.25) is 5.91 Å². The third-order valence-electron chi connectivity index (χ3n) is 1.97. The van der Waals surface area contributed by atoms with Gasteiger partial charge < -0.3 is 5.32 Å². The van der Waals surface area contributed by atoms with Crippen molar-refractivity contribution in [2.24, 2.45) is 0 Å². The fraction of sp³-hybridized carbons (Fsp3) is 0. The maximum Gasteiger partial charge on any atom is 0.248 e. The zero-order chi connectivity index (χ0) is 12.1. The molecule has 0 aliphatic rings. The lowest BCUT2D eigenvalue weighted by molar-refractivity contribution is -0.111. The van der Waals surface area contributed by atoms with Gasteiger partial charge in [0.1, 0.15) is 5.15 Å². The van der Waals surface area contributed by atoms with Crippen LogP contribution in [0, 0.1) is 0 Å². The van der Waals surface area contributed by atoms with Crippen molar-refractivity contribution in [1.29, 1.82) is 0 Å². The molecule has 5 heteroatoms. The summed E-state index contributed by atoms with van der Waals surface area (Å²) in [5.74, 6) is -0.194. The quantitative estimate of drug-likeness (QED) is 0.681. The van der Waals surface area contributed by atoms with E-state index in [-0.39, 0.29) is 5.91 Å². The van der Waals surface area contributed by atoms with Gasteiger partial charge in [-0.15, -0.1) is 0 Å². The largest absolute Gasteiger partial charge is 0.321 e. The van der Waals surface area contributed by atoms with Crippen LogP contribution in [0.15, 0.2) is 41.2 Å². The molecule has 0 fully saturated rings. The van der Waals surface area contributed by atoms with E-state index < -0.39 is 0 Å². The van der Waals surface area contributed by atoms with E-state index in [0.29, 0.717) is 10.8 Å². The Morgan fingerprint density at radius 2 is 2.29 bits per heavy atom. The van der Waals surface area contributed by atoms with Crippen LogP contribution in [0.3, 0.4) is 0 Å². The molecule has 86 valence electrons. The van der Waals surface area contributed by atoms with Gasteiger partial charge in [-0.3, -0.25) is 4.79 Å². The molecule has 0 aromatic carbocycles. The lowest BCUT2D eigenvalue weighted by Gasteiger charge is -2.00. The Balaban J connectivity index is 1.95. The zero-order valence-corrected chi connectivity index (χ0v) is 10.3. The van der Waals surface area contributed by atoms with E-state index in [1.165, 1.54) is 12.3 Å². The molecule has 2 rings (SSSR count). The van der Waals surface area contributed by atoms with Crippen molar-refractivity contribution in [3.05, 3.63) is 51.9 Å². The second-order valence-electron chi connectivity index (χ2n) is 3.25. The molecule has 17 heavy (non-hydrogen) atoms. The van der Waals surface area contributed by atoms with Crippen molar-refractivity contribution in [2.45, 2.75) is 0 Å². The third kappa shape index (κ3) is 3.69. The summed E-state index contributed by atoms with van der Waals surface area (Å²) in [7, 11) is 0. The van der Waals surface area contributed by atoms with Crippen LogP contribution in [-0.4, -0.2) is 10.9 Å². The predicted octanol–water partition coefficient (Wildman–Crippen LogP) is 3.45. The molecule has 0 aliphatic carbocycles. The molecule has 0 bridgehead atoms. The summed E-state index contributed by atoms with van der Waals surface area (Å²) in [5.41, 5.74) is 1.63. The second-order valence-corrected chi connectivity index (χ2v) is 4.42. The summed E-state index contributed by atoms with van der Waals surface area (Å²) in [5, 5.41) is 7.01. The third-order valence-corrected chi connectivity index (χ3v) is 2.89. The maximum atomic E-state index is 11.5. The minimum atomic E-state index is -0.194. The molecule has 0 saturated heterocycles. The highest BCUT2D eigenvalue weighted by Crippen LogP contribution is 2.10. The van der Waals surface area contributed by atoms with Gasteiger partial charge >= 0.3 is 0 Å². The molecule has 0 saturated carbocycles. The fourth-order valence-electron chi connectivity index (χ4n) is 1.18. The number of thiophene rings is 1. The summed E-state index contributed by atoms with van der Waals surface area (Å²) in [6.07, 6.45) is 4.75. The average Bonchev–Trinajstić information content (AvgIpc) is 2.83. The summed E-state index contributed by atoms with van der Waals surface area (Å²) in [4.78, 5) is 15.4. The fourth-order valence-corrected chi connectivity index (χ4v) is 1.92. The number of hydrogen-bond acceptors (Lipinski definition) is 3. The Morgan fingerprint density at radius 3 is 2.94 bits per heavy atom. The Morgan fingerprint density at radius 1 is 1.41 bits per heavy atom. The van der Waals surface area contributed by atoms with Crippen molar-refractivity contribution in [3.63, 3.8) is 0 Å². The first-order valence-electron chi connectivity index (χ1n) is 4.87. The number of rotatable bonds is 3. The van der Waals surface area contributed by atoms with Crippen LogP contribution in [-0.2, 0) is 4.79 Å². The lowest BCUT2D eigenvalue weighted by atomic mass is 10.3. The van der Waals surface area contributed by atoms with Crippen LogP contribution in [0.2, 0.25) is 5.15 Å². The highest BCUT2D eigenvalue weighted by Gasteiger charge is 1.98. The number of pyridine rings is 1. The first kappa shape index (κ1) is 11.8. The highest BCUT2D eigenvalue weighted by molar-refractivity contribution is 7.08. The average molecular weight is 265 g/mol. The Labute approximate surface area is 108 Å². The number of hydrogen-bond donors (Lipinski definition) is 1. The standard InChI is InChI=1S/C12H9ClN2OS/c13-11-3-2-10(7-14-11)15-12(16)4-1-9-5-6-17-8-9/h1-8H,(H,15,16)/b4-1+. The highest BCUT2D eigenvalue weighted by atomic mass is 35.5. The molecular formula is C12H9ClN2OS. The SMILES string of the molecule is O=C(/C=C/c1ccsc1)Nc1ccc(Cl)nc1. The molecule has 0 aliphatic heterocycles. The maximum absolute atomic E-state index is 11.5. The van der Waals surface area contributed by atoms with E-state index >= 15 is 0 Å². The molecule has 2 heterocycles. The molecule has 0 atom stereocenters. The number of amides is 1. The van der Waals surface area contributed by atoms with Crippen molar-refractivity contribution >= 4 is 40.6 Å². The van der Waals surface area contributed by atoms with Crippen molar-refractivity contribution < 1.29 is 4.79 Å². The second kappa shape index (κ2) is 5.61. The lowest BCUT2D eigenvalue weighted by Crippen LogP contribution is -2.07. The van der Waals surface area contributed by atoms with Crippen LogP contribution >= 0.6 is 22.9 Å². The Kier molecular flexibility index (Phi) is 3.90. The first-order chi connectivity index (χ1) is 8.24. The Bertz CT molecular complexity index is 520. The topological polar surface area (TPSA) is 42.0 Å². The van der Waals surface area contributed by atoms with Crippen LogP contribution < -0.4 is 5.32 Å². The smallest absolute Gasteiger partial charge is 0.248 e. The number of aromatic nitrogens is 1. The van der Waals surface area contributed by atoms with Gasteiger partial charge in [0.15, 0.2) is 0 Å². The van der Waals surface area contributed by atoms with E-state index in [0.717, 1.165) is 5.56 Å². The molecule has 1 N–H and O–H groups in total. The summed E-state index contributed by atoms with van der Waals surface area (Å²) >= 11 is 7.23. The van der Waals surface area contributed by atoms with Crippen molar-refractivity contribution in [1.82, 2.24) is 4.98 Å². The van der Waals surface area contributed by atoms with E-state index in [2.05, 4.69) is 10.3 Å². The van der Waals surface area contributed by atoms with Gasteiger partial charge in [-0.25, -0.2) is 4.98 Å². The molecule has 3 nitrogen and oxygen atoms in total. The van der Waals surface area contributed by atoms with E-state index in [4.69, 9.17) is 11.6 Å². The molecule has 0 radical (unpaired) electrons. The summed E-state index contributed by atoms with van der Waals surface area (Å²) in [6, 6.07) is 5.27. The van der Waals surface area contributed by atoms with Crippen LogP contribution in [0.5, 0.6) is 0 Å². The Hall–Kier alpha value is -1.65. The van der Waals surface area contributed by atoms with Crippen LogP contribution in [0.1, 0.15) is 5.56 Å². The first-order valence-corrected chi connectivity index (χ1v) is 6.19. The number of nitrogens with one attached hydrogen (secondary N) is 1. The number of halogens is 1. The number of carbonyl (C=O) groups excluding carboxylic acids is 1. The van der Waals surface area contributed by atoms with Gasteiger partial charge in [-0.2, -0.15) is 11.3 Å². The zero-order valence-electron chi connectivity index (χ0n) is 8.76. The van der Waals surface area contributed by atoms with E-state index in [1.807, 2.05) is 16.8 Å². The van der Waals surface area contributed by atoms with Gasteiger partial charge in [-0.1, -0.05) is 11.6 Å². The van der Waals surface area contributed by atoms with Gasteiger partial charge in [-0.05, 0) is 40.6 Å². The van der Waals surface area contributed by atoms with E-state index in [1.54, 1.807) is 29.5 Å². The van der Waals surface area contributed by atoms with Gasteiger partial charge in [0.25, 0.3) is 0 Å². The minimum absolute atomic E-state index is 0.194. The molecule has 0 spiro atoms. The van der Waals surface area contributed by atoms with Gasteiger partial charge in [0, 0.05) is 6.08 Å². The van der Waals surface area contributed by atoms with Crippen molar-refractivity contribution in [3.8, 4) is 0 Å². The monoisotopic (exact) mass is 264 g/mol. The normalized spacial score (nSPS) is 10.6. The van der Waals surface area contributed by atoms with Gasteiger partial charge in [0.05, 0.1) is 11.9 Å². The van der Waals surface area contributed by atoms with Crippen LogP contribution in [0.4, 0.5) is 5.69 Å². The van der Waals surface area contributed by atoms with Crippen LogP contribution in [0.25, 0.3) is 6.08 Å². The molecular weight excluding hydrogens is 256 g/mol. The molecule has 2 aromatic heterocycles. The number of carbonyl (C=O) groups is 1. The molecule has 2 aromatic rings. The summed E-state index contributed by atoms with van der Waals surface area (Å²) in [6.45, 7) is 0. The predicted molar refractivity (Wildman–Crippen MR) is 71.2 cm³/mol. The summed E-state index contributed by atoms with van der Waals surface area (Å²) < 4.78 is 0. The molecule has 1 amide bonds. The minimum Gasteiger partial charge on any atom is -0.321 e.